The summed E-state index contributed by atoms with van der Waals surface area (Å²) in [6.07, 6.45) is 4.28. The fourth-order valence-corrected chi connectivity index (χ4v) is 3.48. The van der Waals surface area contributed by atoms with Gasteiger partial charge in [-0.25, -0.2) is 13.1 Å². The van der Waals surface area contributed by atoms with E-state index >= 15 is 0 Å². The molecule has 0 aliphatic heterocycles. The Labute approximate surface area is 103 Å². The van der Waals surface area contributed by atoms with Crippen molar-refractivity contribution in [2.75, 3.05) is 12.3 Å². The van der Waals surface area contributed by atoms with Crippen molar-refractivity contribution in [2.45, 2.75) is 45.4 Å². The highest BCUT2D eigenvalue weighted by Crippen LogP contribution is 2.37. The molecule has 6 heteroatoms. The lowest BCUT2D eigenvalue weighted by atomic mass is 9.87. The van der Waals surface area contributed by atoms with Crippen LogP contribution in [0.4, 0.5) is 0 Å². The number of hydrogen-bond donors (Lipinski definition) is 2. The molecule has 1 aliphatic rings. The summed E-state index contributed by atoms with van der Waals surface area (Å²) in [6.45, 7) is 1.96. The molecule has 0 aromatic heterocycles. The number of unbranched alkanes of at least 4 members (excludes halogenated alkanes) is 1. The predicted octanol–water partition coefficient (Wildman–Crippen LogP) is 1.35. The van der Waals surface area contributed by atoms with Gasteiger partial charge in [0, 0.05) is 6.54 Å². The van der Waals surface area contributed by atoms with Crippen LogP contribution in [0.25, 0.3) is 0 Å². The minimum atomic E-state index is -3.32. The van der Waals surface area contributed by atoms with Gasteiger partial charge in [-0.3, -0.25) is 4.79 Å². The second-order valence-corrected chi connectivity index (χ2v) is 6.71. The molecule has 1 aliphatic carbocycles. The number of nitrogens with one attached hydrogen (secondary N) is 1. The van der Waals surface area contributed by atoms with Gasteiger partial charge in [-0.05, 0) is 19.3 Å². The molecule has 0 aromatic carbocycles. The predicted molar refractivity (Wildman–Crippen MR) is 65.2 cm³/mol. The number of aliphatic carboxylic acids is 1. The monoisotopic (exact) mass is 263 g/mol. The van der Waals surface area contributed by atoms with Crippen LogP contribution in [0.2, 0.25) is 0 Å². The van der Waals surface area contributed by atoms with Crippen molar-refractivity contribution < 1.29 is 18.3 Å². The molecule has 1 rings (SSSR count). The van der Waals surface area contributed by atoms with Crippen molar-refractivity contribution in [3.8, 4) is 0 Å². The normalized spacial score (nSPS) is 19.4. The van der Waals surface area contributed by atoms with E-state index in [2.05, 4.69) is 4.72 Å². The lowest BCUT2D eigenvalue weighted by Crippen LogP contribution is -2.41. The van der Waals surface area contributed by atoms with Crippen LogP contribution in [-0.4, -0.2) is 31.8 Å². The van der Waals surface area contributed by atoms with Gasteiger partial charge in [0.15, 0.2) is 0 Å². The van der Waals surface area contributed by atoms with Crippen molar-refractivity contribution in [2.24, 2.45) is 5.41 Å². The Hall–Kier alpha value is -0.620. The van der Waals surface area contributed by atoms with Crippen molar-refractivity contribution in [3.05, 3.63) is 0 Å². The maximum absolute atomic E-state index is 11.6. The van der Waals surface area contributed by atoms with Gasteiger partial charge in [-0.2, -0.15) is 0 Å². The van der Waals surface area contributed by atoms with E-state index in [1.54, 1.807) is 0 Å². The fraction of sp³-hybridized carbons (Fsp3) is 0.909. The second kappa shape index (κ2) is 5.82. The quantitative estimate of drug-likeness (QED) is 0.726. The smallest absolute Gasteiger partial charge is 0.310 e. The molecule has 17 heavy (non-hydrogen) atoms. The van der Waals surface area contributed by atoms with Crippen LogP contribution < -0.4 is 4.72 Å². The zero-order chi connectivity index (χ0) is 12.9. The summed E-state index contributed by atoms with van der Waals surface area (Å²) in [5.41, 5.74) is -0.876. The van der Waals surface area contributed by atoms with Crippen LogP contribution in [0.3, 0.4) is 0 Å². The van der Waals surface area contributed by atoms with Crippen molar-refractivity contribution in [1.29, 1.82) is 0 Å². The van der Waals surface area contributed by atoms with Gasteiger partial charge < -0.3 is 5.11 Å². The molecule has 1 saturated carbocycles. The van der Waals surface area contributed by atoms with Crippen LogP contribution >= 0.6 is 0 Å². The van der Waals surface area contributed by atoms with Gasteiger partial charge in [-0.15, -0.1) is 0 Å². The first-order chi connectivity index (χ1) is 7.92. The fourth-order valence-electron chi connectivity index (χ4n) is 2.17. The number of sulfonamides is 1. The van der Waals surface area contributed by atoms with Gasteiger partial charge in [0.25, 0.3) is 0 Å². The highest BCUT2D eigenvalue weighted by Gasteiger charge is 2.41. The van der Waals surface area contributed by atoms with Crippen LogP contribution in [0.5, 0.6) is 0 Å². The summed E-state index contributed by atoms with van der Waals surface area (Å²) in [5, 5.41) is 9.20. The summed E-state index contributed by atoms with van der Waals surface area (Å²) in [5.74, 6) is -0.799. The Morgan fingerprint density at radius 3 is 2.41 bits per heavy atom. The summed E-state index contributed by atoms with van der Waals surface area (Å²) in [6, 6.07) is 0. The number of carboxylic acids is 1. The van der Waals surface area contributed by atoms with Crippen LogP contribution in [0, 0.1) is 5.41 Å². The summed E-state index contributed by atoms with van der Waals surface area (Å²) in [7, 11) is -3.32. The number of carbonyl (C=O) groups is 1. The molecule has 5 nitrogen and oxygen atoms in total. The van der Waals surface area contributed by atoms with Crippen molar-refractivity contribution in [1.82, 2.24) is 4.72 Å². The van der Waals surface area contributed by atoms with Gasteiger partial charge in [0.05, 0.1) is 11.2 Å². The molecule has 0 heterocycles. The zero-order valence-corrected chi connectivity index (χ0v) is 11.1. The van der Waals surface area contributed by atoms with E-state index in [1.165, 1.54) is 0 Å². The van der Waals surface area contributed by atoms with E-state index < -0.39 is 21.4 Å². The van der Waals surface area contributed by atoms with E-state index in [0.29, 0.717) is 19.3 Å². The van der Waals surface area contributed by atoms with E-state index in [-0.39, 0.29) is 12.3 Å². The zero-order valence-electron chi connectivity index (χ0n) is 10.2. The maximum Gasteiger partial charge on any atom is 0.310 e. The molecule has 2 N–H and O–H groups in total. The Bertz CT molecular complexity index is 358. The molecular formula is C11H21NO4S. The molecule has 0 bridgehead atoms. The first kappa shape index (κ1) is 14.4. The van der Waals surface area contributed by atoms with E-state index in [9.17, 15) is 18.3 Å². The average molecular weight is 263 g/mol. The van der Waals surface area contributed by atoms with E-state index in [1.807, 2.05) is 6.92 Å². The van der Waals surface area contributed by atoms with Crippen LogP contribution in [0.1, 0.15) is 45.4 Å². The minimum Gasteiger partial charge on any atom is -0.481 e. The Morgan fingerprint density at radius 2 is 1.94 bits per heavy atom. The second-order valence-electron chi connectivity index (χ2n) is 4.79. The molecule has 0 unspecified atom stereocenters. The molecule has 0 atom stereocenters. The van der Waals surface area contributed by atoms with Crippen LogP contribution in [0.15, 0.2) is 0 Å². The summed E-state index contributed by atoms with van der Waals surface area (Å²) in [4.78, 5) is 11.2. The SMILES string of the molecule is CCCCS(=O)(=O)NCC1(C(=O)O)CCCC1. The lowest BCUT2D eigenvalue weighted by Gasteiger charge is -2.23. The van der Waals surface area contributed by atoms with Crippen molar-refractivity contribution >= 4 is 16.0 Å². The number of hydrogen-bond acceptors (Lipinski definition) is 3. The van der Waals surface area contributed by atoms with Gasteiger partial charge in [-0.1, -0.05) is 26.2 Å². The largest absolute Gasteiger partial charge is 0.481 e. The number of rotatable bonds is 7. The number of carboxylic acid groups (broad SMARTS) is 1. The van der Waals surface area contributed by atoms with Gasteiger partial charge in [0.1, 0.15) is 0 Å². The van der Waals surface area contributed by atoms with Crippen molar-refractivity contribution in [3.63, 3.8) is 0 Å². The lowest BCUT2D eigenvalue weighted by molar-refractivity contribution is -0.148. The molecule has 0 aromatic rings. The van der Waals surface area contributed by atoms with Gasteiger partial charge >= 0.3 is 5.97 Å². The maximum atomic E-state index is 11.6. The highest BCUT2D eigenvalue weighted by molar-refractivity contribution is 7.89. The van der Waals surface area contributed by atoms with Crippen LogP contribution in [-0.2, 0) is 14.8 Å². The molecule has 0 amide bonds. The first-order valence-corrected chi connectivity index (χ1v) is 7.78. The first-order valence-electron chi connectivity index (χ1n) is 6.13. The molecule has 0 spiro atoms. The molecular weight excluding hydrogens is 242 g/mol. The average Bonchev–Trinajstić information content (AvgIpc) is 2.74. The standard InChI is InChI=1S/C11H21NO4S/c1-2-3-8-17(15,16)12-9-11(10(13)14)6-4-5-7-11/h12H,2-9H2,1H3,(H,13,14). The third-order valence-electron chi connectivity index (χ3n) is 3.41. The summed E-state index contributed by atoms with van der Waals surface area (Å²) >= 11 is 0. The molecule has 1 fully saturated rings. The van der Waals surface area contributed by atoms with E-state index in [0.717, 1.165) is 19.3 Å². The molecule has 0 saturated heterocycles. The third-order valence-corrected chi connectivity index (χ3v) is 4.82. The summed E-state index contributed by atoms with van der Waals surface area (Å²) < 4.78 is 25.7. The molecule has 100 valence electrons. The Kier molecular flexibility index (Phi) is 4.94. The third kappa shape index (κ3) is 3.96. The topological polar surface area (TPSA) is 83.5 Å². The molecule has 0 radical (unpaired) electrons. The Balaban J connectivity index is 2.56. The van der Waals surface area contributed by atoms with Gasteiger partial charge in [0.2, 0.25) is 10.0 Å². The minimum absolute atomic E-state index is 0.0361. The van der Waals surface area contributed by atoms with E-state index in [4.69, 9.17) is 0 Å². The highest BCUT2D eigenvalue weighted by atomic mass is 32.2. The Morgan fingerprint density at radius 1 is 1.35 bits per heavy atom.